The third-order valence-electron chi connectivity index (χ3n) is 2.63. The van der Waals surface area contributed by atoms with Gasteiger partial charge in [-0.3, -0.25) is 10.1 Å². The molecule has 0 aromatic carbocycles. The van der Waals surface area contributed by atoms with Crippen LogP contribution in [0.2, 0.25) is 0 Å². The van der Waals surface area contributed by atoms with Crippen molar-refractivity contribution in [2.75, 3.05) is 18.1 Å². The Bertz CT molecular complexity index is 365. The zero-order chi connectivity index (χ0) is 12.8. The Labute approximate surface area is 104 Å². The topological polar surface area (TPSA) is 79.5 Å². The Balaban J connectivity index is 2.91. The number of aliphatic hydroxyl groups excluding tert-OH is 1. The Morgan fingerprint density at radius 2 is 2.24 bits per heavy atom. The van der Waals surface area contributed by atoms with Crippen molar-refractivity contribution in [2.24, 2.45) is 0 Å². The quantitative estimate of drug-likeness (QED) is 0.598. The second-order valence-corrected chi connectivity index (χ2v) is 4.61. The SMILES string of the molecule is CCC(CC)N(CCO)c1ncc([N+](=O)[O-])s1. The van der Waals surface area contributed by atoms with Crippen LogP contribution >= 0.6 is 11.3 Å². The van der Waals surface area contributed by atoms with E-state index in [1.807, 2.05) is 4.90 Å². The second kappa shape index (κ2) is 6.51. The molecule has 0 saturated carbocycles. The molecule has 0 spiro atoms. The molecular weight excluding hydrogens is 242 g/mol. The maximum Gasteiger partial charge on any atom is 0.345 e. The zero-order valence-corrected chi connectivity index (χ0v) is 10.8. The Morgan fingerprint density at radius 1 is 1.59 bits per heavy atom. The molecule has 7 heteroatoms. The molecule has 17 heavy (non-hydrogen) atoms. The fraction of sp³-hybridized carbons (Fsp3) is 0.700. The summed E-state index contributed by atoms with van der Waals surface area (Å²) in [5, 5.41) is 20.3. The first kappa shape index (κ1) is 13.9. The van der Waals surface area contributed by atoms with Crippen LogP contribution < -0.4 is 4.90 Å². The van der Waals surface area contributed by atoms with Crippen LogP contribution in [0.4, 0.5) is 10.1 Å². The number of thiazole rings is 1. The maximum absolute atomic E-state index is 10.6. The molecule has 0 saturated heterocycles. The maximum atomic E-state index is 10.6. The average molecular weight is 259 g/mol. The van der Waals surface area contributed by atoms with Gasteiger partial charge < -0.3 is 10.0 Å². The molecule has 0 amide bonds. The van der Waals surface area contributed by atoms with Crippen LogP contribution in [0.3, 0.4) is 0 Å². The van der Waals surface area contributed by atoms with E-state index >= 15 is 0 Å². The standard InChI is InChI=1S/C10H17N3O3S/c1-3-8(4-2)12(5-6-14)10-11-7-9(17-10)13(15)16/h7-8,14H,3-6H2,1-2H3. The summed E-state index contributed by atoms with van der Waals surface area (Å²) >= 11 is 1.05. The van der Waals surface area contributed by atoms with Gasteiger partial charge in [-0.1, -0.05) is 13.8 Å². The van der Waals surface area contributed by atoms with Crippen LogP contribution in [0.5, 0.6) is 0 Å². The molecule has 0 fully saturated rings. The number of hydrogen-bond donors (Lipinski definition) is 1. The number of aromatic nitrogens is 1. The van der Waals surface area contributed by atoms with E-state index in [1.54, 1.807) is 0 Å². The Morgan fingerprint density at radius 3 is 2.65 bits per heavy atom. The summed E-state index contributed by atoms with van der Waals surface area (Å²) < 4.78 is 0. The minimum Gasteiger partial charge on any atom is -0.395 e. The van der Waals surface area contributed by atoms with E-state index in [0.29, 0.717) is 11.7 Å². The smallest absolute Gasteiger partial charge is 0.345 e. The Kier molecular flexibility index (Phi) is 5.30. The van der Waals surface area contributed by atoms with Gasteiger partial charge in [0.15, 0.2) is 5.13 Å². The van der Waals surface area contributed by atoms with Gasteiger partial charge in [-0.25, -0.2) is 4.98 Å². The van der Waals surface area contributed by atoms with E-state index in [1.165, 1.54) is 6.20 Å². The number of rotatable bonds is 7. The monoisotopic (exact) mass is 259 g/mol. The molecule has 0 aliphatic carbocycles. The molecule has 1 aromatic heterocycles. The molecule has 0 bridgehead atoms. The van der Waals surface area contributed by atoms with Gasteiger partial charge in [0.2, 0.25) is 0 Å². The molecular formula is C10H17N3O3S. The van der Waals surface area contributed by atoms with E-state index < -0.39 is 4.92 Å². The van der Waals surface area contributed by atoms with Crippen LogP contribution in [0.15, 0.2) is 6.20 Å². The molecule has 96 valence electrons. The summed E-state index contributed by atoms with van der Waals surface area (Å²) in [4.78, 5) is 16.2. The van der Waals surface area contributed by atoms with Crippen molar-refractivity contribution in [2.45, 2.75) is 32.7 Å². The highest BCUT2D eigenvalue weighted by Gasteiger charge is 2.21. The lowest BCUT2D eigenvalue weighted by atomic mass is 10.1. The molecule has 0 radical (unpaired) electrons. The van der Waals surface area contributed by atoms with Gasteiger partial charge in [0.1, 0.15) is 6.20 Å². The third-order valence-corrected chi connectivity index (χ3v) is 3.62. The minimum atomic E-state index is -0.439. The summed E-state index contributed by atoms with van der Waals surface area (Å²) in [7, 11) is 0. The van der Waals surface area contributed by atoms with Crippen LogP contribution in [-0.4, -0.2) is 34.2 Å². The molecule has 1 N–H and O–H groups in total. The lowest BCUT2D eigenvalue weighted by molar-refractivity contribution is -0.380. The van der Waals surface area contributed by atoms with Crippen LogP contribution in [0.1, 0.15) is 26.7 Å². The van der Waals surface area contributed by atoms with Crippen molar-refractivity contribution in [1.82, 2.24) is 4.98 Å². The van der Waals surface area contributed by atoms with Crippen LogP contribution in [0.25, 0.3) is 0 Å². The van der Waals surface area contributed by atoms with Crippen molar-refractivity contribution in [3.05, 3.63) is 16.3 Å². The molecule has 1 aromatic rings. The van der Waals surface area contributed by atoms with Gasteiger partial charge in [0.25, 0.3) is 0 Å². The molecule has 0 atom stereocenters. The molecule has 0 aliphatic rings. The summed E-state index contributed by atoms with van der Waals surface area (Å²) in [6.07, 6.45) is 3.11. The predicted octanol–water partition coefficient (Wildman–Crippen LogP) is 2.04. The van der Waals surface area contributed by atoms with Gasteiger partial charge in [-0.2, -0.15) is 0 Å². The molecule has 1 rings (SSSR count). The Hall–Kier alpha value is -1.21. The predicted molar refractivity (Wildman–Crippen MR) is 67.6 cm³/mol. The van der Waals surface area contributed by atoms with Gasteiger partial charge in [-0.05, 0) is 24.2 Å². The minimum absolute atomic E-state index is 0.0177. The summed E-state index contributed by atoms with van der Waals surface area (Å²) in [5.74, 6) is 0. The van der Waals surface area contributed by atoms with E-state index in [9.17, 15) is 10.1 Å². The molecule has 0 unspecified atom stereocenters. The van der Waals surface area contributed by atoms with Gasteiger partial charge in [0, 0.05) is 12.6 Å². The highest BCUT2D eigenvalue weighted by Crippen LogP contribution is 2.30. The highest BCUT2D eigenvalue weighted by atomic mass is 32.1. The van der Waals surface area contributed by atoms with Crippen LogP contribution in [0, 0.1) is 10.1 Å². The van der Waals surface area contributed by atoms with Gasteiger partial charge in [0.05, 0.1) is 11.5 Å². The lowest BCUT2D eigenvalue weighted by Gasteiger charge is -2.29. The van der Waals surface area contributed by atoms with Crippen molar-refractivity contribution >= 4 is 21.5 Å². The zero-order valence-electron chi connectivity index (χ0n) is 10.00. The molecule has 0 aliphatic heterocycles. The largest absolute Gasteiger partial charge is 0.395 e. The first-order valence-corrected chi connectivity index (χ1v) is 6.43. The van der Waals surface area contributed by atoms with Crippen molar-refractivity contribution in [1.29, 1.82) is 0 Å². The van der Waals surface area contributed by atoms with E-state index in [-0.39, 0.29) is 17.6 Å². The number of anilines is 1. The highest BCUT2D eigenvalue weighted by molar-refractivity contribution is 7.18. The number of nitrogens with zero attached hydrogens (tertiary/aromatic N) is 3. The summed E-state index contributed by atoms with van der Waals surface area (Å²) in [5.41, 5.74) is 0. The molecule has 1 heterocycles. The van der Waals surface area contributed by atoms with E-state index in [4.69, 9.17) is 5.11 Å². The average Bonchev–Trinajstić information content (AvgIpc) is 2.78. The van der Waals surface area contributed by atoms with Crippen molar-refractivity contribution in [3.8, 4) is 0 Å². The van der Waals surface area contributed by atoms with Gasteiger partial charge >= 0.3 is 5.00 Å². The number of nitro groups is 1. The second-order valence-electron chi connectivity index (χ2n) is 3.63. The van der Waals surface area contributed by atoms with E-state index in [0.717, 1.165) is 24.2 Å². The number of hydrogen-bond acceptors (Lipinski definition) is 6. The number of aliphatic hydroxyl groups is 1. The summed E-state index contributed by atoms with van der Waals surface area (Å²) in [6, 6.07) is 0.257. The third kappa shape index (κ3) is 3.37. The molecule has 6 nitrogen and oxygen atoms in total. The van der Waals surface area contributed by atoms with Crippen LogP contribution in [-0.2, 0) is 0 Å². The summed E-state index contributed by atoms with van der Waals surface area (Å²) in [6.45, 7) is 4.59. The first-order chi connectivity index (χ1) is 8.13. The normalized spacial score (nSPS) is 10.8. The van der Waals surface area contributed by atoms with Gasteiger partial charge in [-0.15, -0.1) is 0 Å². The fourth-order valence-corrected chi connectivity index (χ4v) is 2.58. The first-order valence-electron chi connectivity index (χ1n) is 5.61. The lowest BCUT2D eigenvalue weighted by Crippen LogP contribution is -2.36. The van der Waals surface area contributed by atoms with Crippen molar-refractivity contribution < 1.29 is 10.0 Å². The van der Waals surface area contributed by atoms with Crippen molar-refractivity contribution in [3.63, 3.8) is 0 Å². The van der Waals surface area contributed by atoms with E-state index in [2.05, 4.69) is 18.8 Å². The fourth-order valence-electron chi connectivity index (χ4n) is 1.75.